The van der Waals surface area contributed by atoms with Crippen molar-refractivity contribution >= 4 is 21.2 Å². The molecule has 1 fully saturated rings. The zero-order valence-corrected chi connectivity index (χ0v) is 10.7. The quantitative estimate of drug-likeness (QED) is 0.873. The van der Waals surface area contributed by atoms with Gasteiger partial charge in [-0.15, -0.1) is 11.3 Å². The summed E-state index contributed by atoms with van der Waals surface area (Å²) in [5, 5.41) is 12.8. The SMILES string of the molecule is Cc1nc(CC(O)C2CCS(=O)(=O)C2)cs1. The van der Waals surface area contributed by atoms with Crippen LogP contribution >= 0.6 is 11.3 Å². The normalized spacial score (nSPS) is 25.8. The molecule has 1 aliphatic rings. The Balaban J connectivity index is 1.96. The number of aryl methyl sites for hydroxylation is 1. The highest BCUT2D eigenvalue weighted by Crippen LogP contribution is 2.24. The van der Waals surface area contributed by atoms with Crippen LogP contribution in [0.1, 0.15) is 17.1 Å². The number of aliphatic hydroxyl groups is 1. The van der Waals surface area contributed by atoms with Crippen molar-refractivity contribution in [3.8, 4) is 0 Å². The minimum atomic E-state index is -2.91. The van der Waals surface area contributed by atoms with Crippen LogP contribution in [0.2, 0.25) is 0 Å². The van der Waals surface area contributed by atoms with Crippen molar-refractivity contribution in [2.45, 2.75) is 25.9 Å². The van der Waals surface area contributed by atoms with E-state index in [2.05, 4.69) is 4.98 Å². The third-order valence-corrected chi connectivity index (χ3v) is 5.51. The van der Waals surface area contributed by atoms with E-state index in [1.54, 1.807) is 11.3 Å². The number of aliphatic hydroxyl groups excluding tert-OH is 1. The second kappa shape index (κ2) is 4.43. The van der Waals surface area contributed by atoms with E-state index in [1.807, 2.05) is 12.3 Å². The van der Waals surface area contributed by atoms with Gasteiger partial charge in [-0.1, -0.05) is 0 Å². The summed E-state index contributed by atoms with van der Waals surface area (Å²) >= 11 is 1.55. The van der Waals surface area contributed by atoms with Gasteiger partial charge < -0.3 is 5.11 Å². The first-order valence-corrected chi connectivity index (χ1v) is 7.96. The van der Waals surface area contributed by atoms with Crippen molar-refractivity contribution in [1.29, 1.82) is 0 Å². The van der Waals surface area contributed by atoms with Gasteiger partial charge in [0.1, 0.15) is 0 Å². The van der Waals surface area contributed by atoms with Gasteiger partial charge in [0.2, 0.25) is 0 Å². The maximum absolute atomic E-state index is 11.3. The Hall–Kier alpha value is -0.460. The minimum absolute atomic E-state index is 0.119. The molecule has 4 nitrogen and oxygen atoms in total. The Labute approximate surface area is 99.3 Å². The third-order valence-electron chi connectivity index (χ3n) is 2.90. The standard InChI is InChI=1S/C10H15NO3S2/c1-7-11-9(5-15-7)4-10(12)8-2-3-16(13,14)6-8/h5,8,10,12H,2-4,6H2,1H3. The number of nitrogens with zero attached hydrogens (tertiary/aromatic N) is 1. The maximum Gasteiger partial charge on any atom is 0.150 e. The van der Waals surface area contributed by atoms with Crippen LogP contribution in [-0.2, 0) is 16.3 Å². The largest absolute Gasteiger partial charge is 0.392 e. The summed E-state index contributed by atoms with van der Waals surface area (Å²) in [5.41, 5.74) is 0.860. The molecule has 1 N–H and O–H groups in total. The summed E-state index contributed by atoms with van der Waals surface area (Å²) in [6.45, 7) is 1.92. The molecule has 90 valence electrons. The molecule has 1 aromatic rings. The number of aromatic nitrogens is 1. The molecule has 1 aliphatic heterocycles. The Morgan fingerprint density at radius 2 is 2.44 bits per heavy atom. The van der Waals surface area contributed by atoms with Crippen molar-refractivity contribution < 1.29 is 13.5 Å². The summed E-state index contributed by atoms with van der Waals surface area (Å²) in [6, 6.07) is 0. The third kappa shape index (κ3) is 2.81. The lowest BCUT2D eigenvalue weighted by Crippen LogP contribution is -2.24. The number of thiazole rings is 1. The predicted octanol–water partition coefficient (Wildman–Crippen LogP) is 0.790. The molecule has 0 spiro atoms. The second-order valence-corrected chi connectivity index (χ2v) is 7.58. The number of rotatable bonds is 3. The fraction of sp³-hybridized carbons (Fsp3) is 0.700. The van der Waals surface area contributed by atoms with Crippen LogP contribution in [0.4, 0.5) is 0 Å². The van der Waals surface area contributed by atoms with Gasteiger partial charge in [-0.25, -0.2) is 13.4 Å². The van der Waals surface area contributed by atoms with Crippen LogP contribution in [0.25, 0.3) is 0 Å². The molecule has 0 saturated carbocycles. The van der Waals surface area contributed by atoms with E-state index in [0.29, 0.717) is 12.8 Å². The van der Waals surface area contributed by atoms with E-state index in [0.717, 1.165) is 10.7 Å². The summed E-state index contributed by atoms with van der Waals surface area (Å²) in [6.07, 6.45) is 0.454. The van der Waals surface area contributed by atoms with E-state index in [-0.39, 0.29) is 17.4 Å². The topological polar surface area (TPSA) is 67.3 Å². The molecule has 0 aromatic carbocycles. The van der Waals surface area contributed by atoms with Crippen molar-refractivity contribution in [2.75, 3.05) is 11.5 Å². The van der Waals surface area contributed by atoms with Crippen LogP contribution < -0.4 is 0 Å². The highest BCUT2D eigenvalue weighted by atomic mass is 32.2. The van der Waals surface area contributed by atoms with Gasteiger partial charge in [0.15, 0.2) is 9.84 Å². The van der Waals surface area contributed by atoms with Crippen LogP contribution in [0.3, 0.4) is 0 Å². The fourth-order valence-corrected chi connectivity index (χ4v) is 4.51. The van der Waals surface area contributed by atoms with Gasteiger partial charge in [-0.3, -0.25) is 0 Å². The molecule has 2 rings (SSSR count). The number of hydrogen-bond acceptors (Lipinski definition) is 5. The van der Waals surface area contributed by atoms with Crippen LogP contribution in [0.15, 0.2) is 5.38 Å². The monoisotopic (exact) mass is 261 g/mol. The highest BCUT2D eigenvalue weighted by Gasteiger charge is 2.32. The molecule has 1 aromatic heterocycles. The molecule has 2 heterocycles. The first-order chi connectivity index (χ1) is 7.46. The molecule has 2 atom stereocenters. The first kappa shape index (κ1) is 12.0. The lowest BCUT2D eigenvalue weighted by Gasteiger charge is -2.14. The zero-order chi connectivity index (χ0) is 11.8. The summed E-state index contributed by atoms with van der Waals surface area (Å²) < 4.78 is 22.6. The molecule has 2 unspecified atom stereocenters. The van der Waals surface area contributed by atoms with Crippen LogP contribution in [-0.4, -0.2) is 36.1 Å². The number of sulfone groups is 1. The molecule has 0 aliphatic carbocycles. The summed E-state index contributed by atoms with van der Waals surface area (Å²) in [4.78, 5) is 4.27. The lowest BCUT2D eigenvalue weighted by molar-refractivity contribution is 0.119. The van der Waals surface area contributed by atoms with Crippen molar-refractivity contribution in [3.05, 3.63) is 16.1 Å². The molecule has 6 heteroatoms. The maximum atomic E-state index is 11.3. The van der Waals surface area contributed by atoms with Crippen LogP contribution in [0.5, 0.6) is 0 Å². The van der Waals surface area contributed by atoms with Gasteiger partial charge in [0.05, 0.1) is 28.3 Å². The second-order valence-electron chi connectivity index (χ2n) is 4.29. The fourth-order valence-electron chi connectivity index (χ4n) is 2.01. The Morgan fingerprint density at radius 1 is 1.69 bits per heavy atom. The average Bonchev–Trinajstić information content (AvgIpc) is 2.72. The van der Waals surface area contributed by atoms with Crippen molar-refractivity contribution in [3.63, 3.8) is 0 Å². The lowest BCUT2D eigenvalue weighted by atomic mass is 9.98. The summed E-state index contributed by atoms with van der Waals surface area (Å²) in [5.74, 6) is 0.217. The Kier molecular flexibility index (Phi) is 3.32. The molecular weight excluding hydrogens is 246 g/mol. The van der Waals surface area contributed by atoms with Crippen molar-refractivity contribution in [2.24, 2.45) is 5.92 Å². The molecule has 0 amide bonds. The Morgan fingerprint density at radius 3 is 2.94 bits per heavy atom. The molecule has 16 heavy (non-hydrogen) atoms. The van der Waals surface area contributed by atoms with E-state index >= 15 is 0 Å². The van der Waals surface area contributed by atoms with Gasteiger partial charge in [-0.2, -0.15) is 0 Å². The molecular formula is C10H15NO3S2. The van der Waals surface area contributed by atoms with E-state index < -0.39 is 15.9 Å². The summed E-state index contributed by atoms with van der Waals surface area (Å²) in [7, 11) is -2.91. The molecule has 0 radical (unpaired) electrons. The van der Waals surface area contributed by atoms with Gasteiger partial charge in [0, 0.05) is 17.7 Å². The van der Waals surface area contributed by atoms with Gasteiger partial charge in [0.25, 0.3) is 0 Å². The van der Waals surface area contributed by atoms with Crippen molar-refractivity contribution in [1.82, 2.24) is 4.98 Å². The van der Waals surface area contributed by atoms with E-state index in [9.17, 15) is 13.5 Å². The van der Waals surface area contributed by atoms with E-state index in [1.165, 1.54) is 0 Å². The highest BCUT2D eigenvalue weighted by molar-refractivity contribution is 7.91. The molecule has 1 saturated heterocycles. The predicted molar refractivity (Wildman–Crippen MR) is 63.3 cm³/mol. The smallest absolute Gasteiger partial charge is 0.150 e. The minimum Gasteiger partial charge on any atom is -0.392 e. The van der Waals surface area contributed by atoms with Crippen LogP contribution in [0, 0.1) is 12.8 Å². The zero-order valence-electron chi connectivity index (χ0n) is 9.09. The number of hydrogen-bond donors (Lipinski definition) is 1. The first-order valence-electron chi connectivity index (χ1n) is 5.26. The molecule has 0 bridgehead atoms. The average molecular weight is 261 g/mol. The Bertz CT molecular complexity index is 466. The van der Waals surface area contributed by atoms with Gasteiger partial charge >= 0.3 is 0 Å². The van der Waals surface area contributed by atoms with E-state index in [4.69, 9.17) is 0 Å². The van der Waals surface area contributed by atoms with Gasteiger partial charge in [-0.05, 0) is 13.3 Å².